The molecule has 1 unspecified atom stereocenters. The van der Waals surface area contributed by atoms with E-state index in [4.69, 9.17) is 15.2 Å². The number of aldehydes is 1. The van der Waals surface area contributed by atoms with E-state index < -0.39 is 6.23 Å². The highest BCUT2D eigenvalue weighted by Gasteiger charge is 2.29. The fourth-order valence-electron chi connectivity index (χ4n) is 4.40. The second kappa shape index (κ2) is 11.7. The lowest BCUT2D eigenvalue weighted by molar-refractivity contribution is -0.132. The van der Waals surface area contributed by atoms with Gasteiger partial charge in [-0.3, -0.25) is 9.59 Å². The van der Waals surface area contributed by atoms with Crippen LogP contribution in [-0.4, -0.2) is 60.5 Å². The first-order valence-corrected chi connectivity index (χ1v) is 12.4. The van der Waals surface area contributed by atoms with Crippen LogP contribution in [0.15, 0.2) is 23.2 Å². The Hall–Kier alpha value is -2.61. The van der Waals surface area contributed by atoms with Crippen molar-refractivity contribution in [2.45, 2.75) is 84.5 Å². The standard InChI is InChI=1S/C26H40N4O4/c1-26(2,3)18-34-24(17-31)30-16-20-21(28-25(30)27)12-8-13-22(20)33-15-9-14-23(32)29(4)19-10-6-5-7-11-19/h8,12-13,17,19,24H,5-7,9-11,14-16,18H2,1-4H3,(H2,27,28). The number of hydrogen-bond donors (Lipinski definition) is 1. The van der Waals surface area contributed by atoms with Gasteiger partial charge >= 0.3 is 0 Å². The Bertz CT molecular complexity index is 874. The summed E-state index contributed by atoms with van der Waals surface area (Å²) in [7, 11) is 1.93. The van der Waals surface area contributed by atoms with Crippen LogP contribution in [0.4, 0.5) is 5.69 Å². The average Bonchev–Trinajstić information content (AvgIpc) is 2.81. The zero-order valence-corrected chi connectivity index (χ0v) is 21.1. The van der Waals surface area contributed by atoms with Gasteiger partial charge in [-0.1, -0.05) is 46.1 Å². The van der Waals surface area contributed by atoms with Crippen LogP contribution in [0.3, 0.4) is 0 Å². The van der Waals surface area contributed by atoms with Crippen molar-refractivity contribution >= 4 is 23.8 Å². The van der Waals surface area contributed by atoms with Crippen molar-refractivity contribution in [1.82, 2.24) is 9.80 Å². The van der Waals surface area contributed by atoms with Gasteiger partial charge in [-0.25, -0.2) is 4.99 Å². The van der Waals surface area contributed by atoms with E-state index in [-0.39, 0.29) is 17.3 Å². The molecule has 8 heteroatoms. The summed E-state index contributed by atoms with van der Waals surface area (Å²) in [5.41, 5.74) is 7.65. The number of carbonyl (C=O) groups is 2. The predicted molar refractivity (Wildman–Crippen MR) is 133 cm³/mol. The molecule has 1 aromatic carbocycles. The topological polar surface area (TPSA) is 97.5 Å². The Balaban J connectivity index is 1.57. The van der Waals surface area contributed by atoms with Crippen molar-refractivity contribution in [2.75, 3.05) is 20.3 Å². The van der Waals surface area contributed by atoms with Crippen molar-refractivity contribution < 1.29 is 19.1 Å². The maximum absolute atomic E-state index is 12.6. The second-order valence-electron chi connectivity index (χ2n) is 10.5. The summed E-state index contributed by atoms with van der Waals surface area (Å²) in [5.74, 6) is 1.11. The van der Waals surface area contributed by atoms with Crippen molar-refractivity contribution in [3.63, 3.8) is 0 Å². The van der Waals surface area contributed by atoms with Gasteiger partial charge in [-0.05, 0) is 36.8 Å². The van der Waals surface area contributed by atoms with Crippen LogP contribution in [0.25, 0.3) is 0 Å². The second-order valence-corrected chi connectivity index (χ2v) is 10.5. The van der Waals surface area contributed by atoms with Crippen molar-refractivity contribution in [1.29, 1.82) is 0 Å². The Morgan fingerprint density at radius 3 is 2.71 bits per heavy atom. The third-order valence-electron chi connectivity index (χ3n) is 6.39. The quantitative estimate of drug-likeness (QED) is 0.409. The normalized spacial score (nSPS) is 17.5. The number of nitrogens with two attached hydrogens (primary N) is 1. The number of guanidine groups is 1. The largest absolute Gasteiger partial charge is 0.493 e. The highest BCUT2D eigenvalue weighted by molar-refractivity contribution is 5.86. The molecular weight excluding hydrogens is 432 g/mol. The van der Waals surface area contributed by atoms with Gasteiger partial charge in [-0.2, -0.15) is 0 Å². The lowest BCUT2D eigenvalue weighted by atomic mass is 9.94. The van der Waals surface area contributed by atoms with E-state index in [2.05, 4.69) is 4.99 Å². The van der Waals surface area contributed by atoms with Gasteiger partial charge < -0.3 is 25.0 Å². The highest BCUT2D eigenvalue weighted by atomic mass is 16.5. The number of nitrogens with zero attached hydrogens (tertiary/aromatic N) is 3. The molecule has 8 nitrogen and oxygen atoms in total. The Labute approximate surface area is 203 Å². The van der Waals surface area contributed by atoms with Gasteiger partial charge in [-0.15, -0.1) is 0 Å². The van der Waals surface area contributed by atoms with Crippen molar-refractivity contribution in [3.8, 4) is 5.75 Å². The number of ether oxygens (including phenoxy) is 2. The van der Waals surface area contributed by atoms with Crippen LogP contribution in [0, 0.1) is 5.41 Å². The summed E-state index contributed by atoms with van der Waals surface area (Å²) in [5, 5.41) is 0. The molecule has 1 aromatic rings. The molecule has 2 N–H and O–H groups in total. The van der Waals surface area contributed by atoms with E-state index in [0.717, 1.165) is 30.4 Å². The molecule has 34 heavy (non-hydrogen) atoms. The minimum absolute atomic E-state index is 0.0857. The molecular formula is C26H40N4O4. The molecule has 0 spiro atoms. The van der Waals surface area contributed by atoms with E-state index in [0.29, 0.717) is 44.4 Å². The van der Waals surface area contributed by atoms with Crippen LogP contribution in [0.1, 0.15) is 71.3 Å². The molecule has 1 aliphatic heterocycles. The van der Waals surface area contributed by atoms with Crippen LogP contribution < -0.4 is 10.5 Å². The van der Waals surface area contributed by atoms with Crippen molar-refractivity contribution in [3.05, 3.63) is 23.8 Å². The maximum Gasteiger partial charge on any atom is 0.222 e. The number of rotatable bonds is 10. The fraction of sp³-hybridized carbons (Fsp3) is 0.654. The number of hydrogen-bond acceptors (Lipinski definition) is 7. The van der Waals surface area contributed by atoms with Crippen LogP contribution in [0.2, 0.25) is 0 Å². The van der Waals surface area contributed by atoms with E-state index in [1.54, 1.807) is 4.90 Å². The highest BCUT2D eigenvalue weighted by Crippen LogP contribution is 2.34. The zero-order valence-electron chi connectivity index (χ0n) is 21.1. The minimum atomic E-state index is -0.822. The molecule has 1 aliphatic carbocycles. The maximum atomic E-state index is 12.6. The summed E-state index contributed by atoms with van der Waals surface area (Å²) in [6, 6.07) is 6.01. The number of fused-ring (bicyclic) bond motifs is 1. The van der Waals surface area contributed by atoms with E-state index in [1.165, 1.54) is 19.3 Å². The van der Waals surface area contributed by atoms with E-state index >= 15 is 0 Å². The monoisotopic (exact) mass is 472 g/mol. The third-order valence-corrected chi connectivity index (χ3v) is 6.39. The minimum Gasteiger partial charge on any atom is -0.493 e. The van der Waals surface area contributed by atoms with E-state index in [9.17, 15) is 9.59 Å². The molecule has 0 saturated heterocycles. The number of aliphatic imine (C=N–C) groups is 1. The van der Waals surface area contributed by atoms with Crippen molar-refractivity contribution in [2.24, 2.45) is 16.1 Å². The Kier molecular flexibility index (Phi) is 8.94. The van der Waals surface area contributed by atoms with Crippen LogP contribution >= 0.6 is 0 Å². The number of amides is 1. The summed E-state index contributed by atoms with van der Waals surface area (Å²) in [6.07, 6.45) is 6.94. The molecule has 1 amide bonds. The molecule has 0 bridgehead atoms. The Morgan fingerprint density at radius 2 is 2.03 bits per heavy atom. The first kappa shape index (κ1) is 26.0. The molecule has 0 aromatic heterocycles. The van der Waals surface area contributed by atoms with Crippen LogP contribution in [0.5, 0.6) is 5.75 Å². The Morgan fingerprint density at radius 1 is 1.29 bits per heavy atom. The first-order valence-electron chi connectivity index (χ1n) is 12.4. The van der Waals surface area contributed by atoms with Gasteiger partial charge in [0.25, 0.3) is 0 Å². The fourth-order valence-corrected chi connectivity index (χ4v) is 4.40. The predicted octanol–water partition coefficient (Wildman–Crippen LogP) is 3.99. The van der Waals surface area contributed by atoms with Gasteiger partial charge in [0, 0.05) is 25.1 Å². The molecule has 1 fully saturated rings. The number of carbonyl (C=O) groups excluding carboxylic acids is 2. The molecule has 1 saturated carbocycles. The molecule has 188 valence electrons. The number of benzene rings is 1. The summed E-state index contributed by atoms with van der Waals surface area (Å²) < 4.78 is 11.9. The van der Waals surface area contributed by atoms with Gasteiger partial charge in [0.1, 0.15) is 5.75 Å². The first-order chi connectivity index (χ1) is 16.2. The van der Waals surface area contributed by atoms with Crippen LogP contribution in [-0.2, 0) is 20.9 Å². The smallest absolute Gasteiger partial charge is 0.222 e. The zero-order chi connectivity index (χ0) is 24.7. The van der Waals surface area contributed by atoms with Gasteiger partial charge in [0.15, 0.2) is 18.5 Å². The summed E-state index contributed by atoms with van der Waals surface area (Å²) >= 11 is 0. The van der Waals surface area contributed by atoms with E-state index in [1.807, 2.05) is 50.9 Å². The molecule has 1 heterocycles. The summed E-state index contributed by atoms with van der Waals surface area (Å²) in [6.45, 7) is 7.33. The van der Waals surface area contributed by atoms with Gasteiger partial charge in [0.05, 0.1) is 25.4 Å². The SMILES string of the molecule is CN(C(=O)CCCOc1cccc2c1CN(C(C=O)OCC(C)(C)C)C(N)=N2)C1CCCCC1. The molecule has 1 atom stereocenters. The third kappa shape index (κ3) is 6.95. The molecule has 0 radical (unpaired) electrons. The molecule has 2 aliphatic rings. The average molecular weight is 473 g/mol. The molecule has 3 rings (SSSR count). The summed E-state index contributed by atoms with van der Waals surface area (Å²) in [4.78, 5) is 32.4. The lowest BCUT2D eigenvalue weighted by Gasteiger charge is -2.34. The van der Waals surface area contributed by atoms with Gasteiger partial charge in [0.2, 0.25) is 5.91 Å². The lowest BCUT2D eigenvalue weighted by Crippen LogP contribution is -2.48.